The highest BCUT2D eigenvalue weighted by Crippen LogP contribution is 2.24. The van der Waals surface area contributed by atoms with Crippen LogP contribution in [0, 0.1) is 0 Å². The molecule has 2 aromatic rings. The summed E-state index contributed by atoms with van der Waals surface area (Å²) >= 11 is 0. The highest BCUT2D eigenvalue weighted by Gasteiger charge is 2.18. The second-order valence-electron chi connectivity index (χ2n) is 4.86. The molecule has 0 aliphatic rings. The van der Waals surface area contributed by atoms with Crippen LogP contribution in [0.4, 0.5) is 5.82 Å². The molecule has 0 unspecified atom stereocenters. The fourth-order valence-electron chi connectivity index (χ4n) is 1.88. The van der Waals surface area contributed by atoms with E-state index in [4.69, 9.17) is 5.11 Å². The van der Waals surface area contributed by atoms with E-state index in [9.17, 15) is 0 Å². The zero-order valence-electron chi connectivity index (χ0n) is 10.3. The number of aromatic nitrogens is 1. The minimum absolute atomic E-state index is 0.161. The number of hydrogen-bond acceptors (Lipinski definition) is 3. The van der Waals surface area contributed by atoms with Gasteiger partial charge in [0.05, 0.1) is 0 Å². The van der Waals surface area contributed by atoms with Gasteiger partial charge in [0.2, 0.25) is 0 Å². The summed E-state index contributed by atoms with van der Waals surface area (Å²) in [4.78, 5) is 4.38. The topological polar surface area (TPSA) is 45.1 Å². The number of anilines is 1. The number of pyridine rings is 1. The van der Waals surface area contributed by atoms with Crippen molar-refractivity contribution in [1.29, 1.82) is 0 Å². The Balaban J connectivity index is 2.36. The zero-order chi connectivity index (χ0) is 12.3. The largest absolute Gasteiger partial charge is 0.396 e. The first-order valence-corrected chi connectivity index (χ1v) is 5.85. The highest BCUT2D eigenvalue weighted by atomic mass is 16.3. The molecule has 2 rings (SSSR count). The summed E-state index contributed by atoms with van der Waals surface area (Å²) in [6, 6.07) is 10.2. The summed E-state index contributed by atoms with van der Waals surface area (Å²) in [5, 5.41) is 14.7. The summed E-state index contributed by atoms with van der Waals surface area (Å²) in [5.74, 6) is 0.876. The van der Waals surface area contributed by atoms with Crippen molar-refractivity contribution in [3.63, 3.8) is 0 Å². The van der Waals surface area contributed by atoms with Crippen molar-refractivity contribution in [3.8, 4) is 0 Å². The fourth-order valence-corrected chi connectivity index (χ4v) is 1.88. The molecular weight excluding hydrogens is 212 g/mol. The summed E-state index contributed by atoms with van der Waals surface area (Å²) in [6.07, 6.45) is 2.50. The normalized spacial score (nSPS) is 11.7. The van der Waals surface area contributed by atoms with Gasteiger partial charge in [-0.2, -0.15) is 0 Å². The Morgan fingerprint density at radius 3 is 2.76 bits per heavy atom. The lowest BCUT2D eigenvalue weighted by molar-refractivity contribution is 0.260. The molecule has 1 aromatic carbocycles. The van der Waals surface area contributed by atoms with Crippen LogP contribution in [0.2, 0.25) is 0 Å². The first-order valence-electron chi connectivity index (χ1n) is 5.85. The van der Waals surface area contributed by atoms with Crippen molar-refractivity contribution >= 4 is 16.6 Å². The van der Waals surface area contributed by atoms with Crippen LogP contribution in [0.1, 0.15) is 20.3 Å². The maximum atomic E-state index is 9.03. The molecule has 1 aromatic heterocycles. The summed E-state index contributed by atoms with van der Waals surface area (Å²) in [6.45, 7) is 4.30. The molecule has 17 heavy (non-hydrogen) atoms. The molecule has 3 heteroatoms. The fraction of sp³-hybridized carbons (Fsp3) is 0.357. The van der Waals surface area contributed by atoms with Crippen molar-refractivity contribution < 1.29 is 5.11 Å². The number of nitrogens with zero attached hydrogens (tertiary/aromatic N) is 1. The van der Waals surface area contributed by atoms with Gasteiger partial charge in [-0.3, -0.25) is 0 Å². The molecule has 0 atom stereocenters. The van der Waals surface area contributed by atoms with Gasteiger partial charge in [-0.1, -0.05) is 24.3 Å². The Kier molecular flexibility index (Phi) is 3.29. The summed E-state index contributed by atoms with van der Waals surface area (Å²) < 4.78 is 0. The Bertz CT molecular complexity index is 503. The second-order valence-corrected chi connectivity index (χ2v) is 4.86. The number of benzene rings is 1. The third-order valence-electron chi connectivity index (χ3n) is 2.87. The van der Waals surface area contributed by atoms with Crippen LogP contribution in [-0.4, -0.2) is 22.2 Å². The Labute approximate surface area is 102 Å². The molecule has 1 heterocycles. The average Bonchev–Trinajstić information content (AvgIpc) is 2.29. The number of aliphatic hydroxyl groups is 1. The molecular formula is C14H18N2O. The van der Waals surface area contributed by atoms with Gasteiger partial charge in [-0.05, 0) is 31.7 Å². The van der Waals surface area contributed by atoms with Crippen LogP contribution in [0.15, 0.2) is 36.5 Å². The van der Waals surface area contributed by atoms with Crippen LogP contribution in [-0.2, 0) is 0 Å². The van der Waals surface area contributed by atoms with Crippen LogP contribution in [0.25, 0.3) is 10.8 Å². The van der Waals surface area contributed by atoms with E-state index in [0.717, 1.165) is 11.2 Å². The predicted molar refractivity (Wildman–Crippen MR) is 71.1 cm³/mol. The number of rotatable bonds is 4. The van der Waals surface area contributed by atoms with E-state index < -0.39 is 0 Å². The lowest BCUT2D eigenvalue weighted by Crippen LogP contribution is -2.32. The molecule has 2 N–H and O–H groups in total. The number of aliphatic hydroxyl groups excluding tert-OH is 1. The molecule has 0 saturated heterocycles. The van der Waals surface area contributed by atoms with Crippen LogP contribution in [0.5, 0.6) is 0 Å². The van der Waals surface area contributed by atoms with Crippen molar-refractivity contribution in [2.45, 2.75) is 25.8 Å². The minimum atomic E-state index is -0.161. The first kappa shape index (κ1) is 11.9. The Morgan fingerprint density at radius 2 is 2.00 bits per heavy atom. The van der Waals surface area contributed by atoms with Crippen molar-refractivity contribution in [2.75, 3.05) is 11.9 Å². The maximum Gasteiger partial charge on any atom is 0.134 e. The third kappa shape index (κ3) is 2.74. The van der Waals surface area contributed by atoms with E-state index in [1.54, 1.807) is 6.20 Å². The van der Waals surface area contributed by atoms with Crippen LogP contribution in [0.3, 0.4) is 0 Å². The maximum absolute atomic E-state index is 9.03. The second kappa shape index (κ2) is 4.72. The quantitative estimate of drug-likeness (QED) is 0.849. The molecule has 0 bridgehead atoms. The lowest BCUT2D eigenvalue weighted by atomic mass is 10.0. The molecule has 90 valence electrons. The smallest absolute Gasteiger partial charge is 0.134 e. The van der Waals surface area contributed by atoms with Gasteiger partial charge in [-0.15, -0.1) is 0 Å². The molecule has 0 spiro atoms. The molecule has 0 aliphatic heterocycles. The van der Waals surface area contributed by atoms with Gasteiger partial charge in [0, 0.05) is 23.7 Å². The molecule has 0 aliphatic carbocycles. The van der Waals surface area contributed by atoms with Crippen LogP contribution < -0.4 is 5.32 Å². The molecule has 0 saturated carbocycles. The molecule has 3 nitrogen and oxygen atoms in total. The monoisotopic (exact) mass is 230 g/mol. The minimum Gasteiger partial charge on any atom is -0.396 e. The Morgan fingerprint density at radius 1 is 1.24 bits per heavy atom. The lowest BCUT2D eigenvalue weighted by Gasteiger charge is -2.26. The molecule has 0 fully saturated rings. The van der Waals surface area contributed by atoms with Crippen LogP contribution >= 0.6 is 0 Å². The molecule has 0 amide bonds. The van der Waals surface area contributed by atoms with Gasteiger partial charge in [0.25, 0.3) is 0 Å². The zero-order valence-corrected chi connectivity index (χ0v) is 10.3. The van der Waals surface area contributed by atoms with E-state index >= 15 is 0 Å². The predicted octanol–water partition coefficient (Wildman–Crippen LogP) is 2.81. The SMILES string of the molecule is CC(C)(CCO)Nc1nccc2ccccc12. The third-order valence-corrected chi connectivity index (χ3v) is 2.87. The van der Waals surface area contributed by atoms with Gasteiger partial charge < -0.3 is 10.4 Å². The number of hydrogen-bond donors (Lipinski definition) is 2. The first-order chi connectivity index (χ1) is 8.12. The summed E-state index contributed by atoms with van der Waals surface area (Å²) in [7, 11) is 0. The van der Waals surface area contributed by atoms with Crippen molar-refractivity contribution in [1.82, 2.24) is 4.98 Å². The van der Waals surface area contributed by atoms with E-state index in [2.05, 4.69) is 36.3 Å². The van der Waals surface area contributed by atoms with Crippen molar-refractivity contribution in [2.24, 2.45) is 0 Å². The summed E-state index contributed by atoms with van der Waals surface area (Å²) in [5.41, 5.74) is -0.161. The standard InChI is InChI=1S/C14H18N2O/c1-14(2,8-10-17)16-13-12-6-4-3-5-11(12)7-9-15-13/h3-7,9,17H,8,10H2,1-2H3,(H,15,16). The Hall–Kier alpha value is -1.61. The highest BCUT2D eigenvalue weighted by molar-refractivity contribution is 5.91. The average molecular weight is 230 g/mol. The van der Waals surface area contributed by atoms with E-state index in [-0.39, 0.29) is 12.1 Å². The van der Waals surface area contributed by atoms with Gasteiger partial charge in [0.15, 0.2) is 0 Å². The number of nitrogens with one attached hydrogen (secondary N) is 1. The van der Waals surface area contributed by atoms with Gasteiger partial charge in [-0.25, -0.2) is 4.98 Å². The number of fused-ring (bicyclic) bond motifs is 1. The van der Waals surface area contributed by atoms with Gasteiger partial charge in [0.1, 0.15) is 5.82 Å². The van der Waals surface area contributed by atoms with E-state index in [1.165, 1.54) is 5.39 Å². The van der Waals surface area contributed by atoms with Gasteiger partial charge >= 0.3 is 0 Å². The van der Waals surface area contributed by atoms with E-state index in [1.807, 2.05) is 18.2 Å². The van der Waals surface area contributed by atoms with Crippen molar-refractivity contribution in [3.05, 3.63) is 36.5 Å². The molecule has 0 radical (unpaired) electrons. The van der Waals surface area contributed by atoms with E-state index in [0.29, 0.717) is 6.42 Å².